The summed E-state index contributed by atoms with van der Waals surface area (Å²) in [5, 5.41) is 8.88. The average Bonchev–Trinajstić information content (AvgIpc) is 2.28. The summed E-state index contributed by atoms with van der Waals surface area (Å²) >= 11 is 0. The summed E-state index contributed by atoms with van der Waals surface area (Å²) in [5.41, 5.74) is -0.176. The van der Waals surface area contributed by atoms with Crippen molar-refractivity contribution < 1.29 is 28.9 Å². The number of aromatic carboxylic acids is 1. The van der Waals surface area contributed by atoms with Gasteiger partial charge in [0, 0.05) is 0 Å². The van der Waals surface area contributed by atoms with Gasteiger partial charge in [-0.25, -0.2) is 9.59 Å². The van der Waals surface area contributed by atoms with Crippen LogP contribution in [0.15, 0.2) is 18.2 Å². The lowest BCUT2D eigenvalue weighted by molar-refractivity contribution is 0.0691. The highest BCUT2D eigenvalue weighted by Gasteiger charge is 2.19. The Bertz CT molecular complexity index is 412. The number of carboxylic acid groups (broad SMARTS) is 1. The standard InChI is InChI=1S/C10H10O6/c1-14-7-5-3-4-6(9(11)12)8(7)16-10(13)15-2/h3-5H,1-2H3,(H,11,12). The lowest BCUT2D eigenvalue weighted by Crippen LogP contribution is -2.11. The van der Waals surface area contributed by atoms with E-state index in [1.807, 2.05) is 0 Å². The van der Waals surface area contributed by atoms with E-state index in [0.29, 0.717) is 0 Å². The molecule has 0 saturated carbocycles. The smallest absolute Gasteiger partial charge is 0.493 e. The fourth-order valence-electron chi connectivity index (χ4n) is 1.08. The van der Waals surface area contributed by atoms with Crippen LogP contribution < -0.4 is 9.47 Å². The van der Waals surface area contributed by atoms with Gasteiger partial charge in [-0.15, -0.1) is 0 Å². The highest BCUT2D eigenvalue weighted by Crippen LogP contribution is 2.31. The summed E-state index contributed by atoms with van der Waals surface area (Å²) in [6.07, 6.45) is -1.01. The zero-order valence-electron chi connectivity index (χ0n) is 8.72. The number of carbonyl (C=O) groups is 2. The number of hydrogen-bond donors (Lipinski definition) is 1. The van der Waals surface area contributed by atoms with Crippen molar-refractivity contribution in [3.63, 3.8) is 0 Å². The quantitative estimate of drug-likeness (QED) is 0.621. The molecule has 0 aliphatic rings. The molecule has 0 amide bonds. The third-order valence-electron chi connectivity index (χ3n) is 1.78. The van der Waals surface area contributed by atoms with Crippen molar-refractivity contribution in [2.45, 2.75) is 0 Å². The Labute approximate surface area is 91.3 Å². The van der Waals surface area contributed by atoms with Gasteiger partial charge in [0.1, 0.15) is 5.56 Å². The molecule has 0 unspecified atom stereocenters. The predicted octanol–water partition coefficient (Wildman–Crippen LogP) is 1.54. The van der Waals surface area contributed by atoms with Gasteiger partial charge in [0.25, 0.3) is 0 Å². The van der Waals surface area contributed by atoms with E-state index in [-0.39, 0.29) is 17.1 Å². The maximum absolute atomic E-state index is 10.9. The van der Waals surface area contributed by atoms with Gasteiger partial charge in [-0.2, -0.15) is 0 Å². The molecular weight excluding hydrogens is 216 g/mol. The van der Waals surface area contributed by atoms with Crippen molar-refractivity contribution in [3.05, 3.63) is 23.8 Å². The van der Waals surface area contributed by atoms with Crippen LogP contribution in [0, 0.1) is 0 Å². The Kier molecular flexibility index (Phi) is 3.71. The largest absolute Gasteiger partial charge is 0.513 e. The second-order valence-corrected chi connectivity index (χ2v) is 2.70. The molecule has 1 aromatic carbocycles. The number of carboxylic acids is 1. The number of hydrogen-bond acceptors (Lipinski definition) is 5. The third-order valence-corrected chi connectivity index (χ3v) is 1.78. The van der Waals surface area contributed by atoms with E-state index in [1.165, 1.54) is 25.3 Å². The normalized spacial score (nSPS) is 9.38. The molecule has 1 aromatic rings. The maximum atomic E-state index is 10.9. The van der Waals surface area contributed by atoms with Gasteiger partial charge in [-0.1, -0.05) is 6.07 Å². The Balaban J connectivity index is 3.19. The molecule has 16 heavy (non-hydrogen) atoms. The van der Waals surface area contributed by atoms with Crippen LogP contribution in [0.2, 0.25) is 0 Å². The van der Waals surface area contributed by atoms with Crippen molar-refractivity contribution in [3.8, 4) is 11.5 Å². The molecule has 0 bridgehead atoms. The molecule has 0 atom stereocenters. The van der Waals surface area contributed by atoms with Crippen molar-refractivity contribution in [1.82, 2.24) is 0 Å². The van der Waals surface area contributed by atoms with Gasteiger partial charge in [0.2, 0.25) is 0 Å². The fourth-order valence-corrected chi connectivity index (χ4v) is 1.08. The van der Waals surface area contributed by atoms with Gasteiger partial charge < -0.3 is 19.3 Å². The van der Waals surface area contributed by atoms with Crippen LogP contribution in [0.4, 0.5) is 4.79 Å². The van der Waals surface area contributed by atoms with Crippen LogP contribution in [-0.2, 0) is 4.74 Å². The summed E-state index contributed by atoms with van der Waals surface area (Å²) in [6.45, 7) is 0. The van der Waals surface area contributed by atoms with Crippen LogP contribution in [-0.4, -0.2) is 31.5 Å². The molecule has 0 aliphatic carbocycles. The molecule has 0 saturated heterocycles. The van der Waals surface area contributed by atoms with Crippen LogP contribution in [0.5, 0.6) is 11.5 Å². The monoisotopic (exact) mass is 226 g/mol. The summed E-state index contributed by atoms with van der Waals surface area (Å²) in [4.78, 5) is 21.8. The van der Waals surface area contributed by atoms with E-state index >= 15 is 0 Å². The first-order chi connectivity index (χ1) is 7.60. The molecule has 0 aromatic heterocycles. The lowest BCUT2D eigenvalue weighted by Gasteiger charge is -2.10. The highest BCUT2D eigenvalue weighted by atomic mass is 16.7. The SMILES string of the molecule is COC(=O)Oc1c(OC)cccc1C(=O)O. The summed E-state index contributed by atoms with van der Waals surface area (Å²) < 4.78 is 13.9. The topological polar surface area (TPSA) is 82.1 Å². The van der Waals surface area contributed by atoms with Gasteiger partial charge in [0.15, 0.2) is 11.5 Å². The zero-order valence-corrected chi connectivity index (χ0v) is 8.72. The van der Waals surface area contributed by atoms with Gasteiger partial charge in [-0.3, -0.25) is 0 Å². The number of benzene rings is 1. The zero-order chi connectivity index (χ0) is 12.1. The molecule has 0 aliphatic heterocycles. The molecule has 86 valence electrons. The first-order valence-corrected chi connectivity index (χ1v) is 4.26. The molecule has 0 spiro atoms. The number of methoxy groups -OCH3 is 2. The van der Waals surface area contributed by atoms with Crippen molar-refractivity contribution in [1.29, 1.82) is 0 Å². The van der Waals surface area contributed by atoms with E-state index in [0.717, 1.165) is 7.11 Å². The van der Waals surface area contributed by atoms with Crippen LogP contribution in [0.1, 0.15) is 10.4 Å². The van der Waals surface area contributed by atoms with E-state index in [4.69, 9.17) is 14.6 Å². The maximum Gasteiger partial charge on any atom is 0.513 e. The number of carbonyl (C=O) groups excluding carboxylic acids is 1. The molecule has 1 N–H and O–H groups in total. The first-order valence-electron chi connectivity index (χ1n) is 4.26. The number of para-hydroxylation sites is 1. The number of ether oxygens (including phenoxy) is 3. The summed E-state index contributed by atoms with van der Waals surface area (Å²) in [6, 6.07) is 4.25. The Morgan fingerprint density at radius 2 is 1.94 bits per heavy atom. The molecule has 0 fully saturated rings. The molecule has 6 heteroatoms. The first kappa shape index (κ1) is 11.8. The summed E-state index contributed by atoms with van der Waals surface area (Å²) in [7, 11) is 2.46. The Morgan fingerprint density at radius 1 is 1.25 bits per heavy atom. The van der Waals surface area contributed by atoms with Crippen molar-refractivity contribution in [2.75, 3.05) is 14.2 Å². The van der Waals surface area contributed by atoms with Gasteiger partial charge in [0.05, 0.1) is 14.2 Å². The average molecular weight is 226 g/mol. The van der Waals surface area contributed by atoms with Crippen LogP contribution >= 0.6 is 0 Å². The minimum Gasteiger partial charge on any atom is -0.493 e. The summed E-state index contributed by atoms with van der Waals surface area (Å²) in [5.74, 6) is -1.26. The van der Waals surface area contributed by atoms with E-state index in [1.54, 1.807) is 0 Å². The van der Waals surface area contributed by atoms with E-state index in [9.17, 15) is 9.59 Å². The highest BCUT2D eigenvalue weighted by molar-refractivity contribution is 5.92. The molecule has 1 rings (SSSR count). The van der Waals surface area contributed by atoms with Crippen LogP contribution in [0.25, 0.3) is 0 Å². The molecule has 6 nitrogen and oxygen atoms in total. The lowest BCUT2D eigenvalue weighted by atomic mass is 10.2. The van der Waals surface area contributed by atoms with Gasteiger partial charge >= 0.3 is 12.1 Å². The Morgan fingerprint density at radius 3 is 2.44 bits per heavy atom. The molecular formula is C10H10O6. The minimum atomic E-state index is -1.22. The number of rotatable bonds is 3. The van der Waals surface area contributed by atoms with E-state index in [2.05, 4.69) is 4.74 Å². The third kappa shape index (κ3) is 2.41. The second kappa shape index (κ2) is 5.01. The minimum absolute atomic E-state index is 0.144. The van der Waals surface area contributed by atoms with Crippen LogP contribution in [0.3, 0.4) is 0 Å². The van der Waals surface area contributed by atoms with Gasteiger partial charge in [-0.05, 0) is 12.1 Å². The predicted molar refractivity (Wildman–Crippen MR) is 53.0 cm³/mol. The molecule has 0 heterocycles. The van der Waals surface area contributed by atoms with Crippen molar-refractivity contribution in [2.24, 2.45) is 0 Å². The fraction of sp³-hybridized carbons (Fsp3) is 0.200. The van der Waals surface area contributed by atoms with E-state index < -0.39 is 12.1 Å². The van der Waals surface area contributed by atoms with Crippen molar-refractivity contribution >= 4 is 12.1 Å². The Hall–Kier alpha value is -2.24. The molecule has 0 radical (unpaired) electrons. The second-order valence-electron chi connectivity index (χ2n) is 2.70.